The fraction of sp³-hybridized carbons (Fsp3) is 0.118. The van der Waals surface area contributed by atoms with Gasteiger partial charge in [-0.15, -0.1) is 0 Å². The van der Waals surface area contributed by atoms with Crippen molar-refractivity contribution >= 4 is 26.4 Å². The molecule has 3 rings (SSSR count). The van der Waals surface area contributed by atoms with Gasteiger partial charge in [0.25, 0.3) is 5.69 Å². The minimum absolute atomic E-state index is 0.0776. The summed E-state index contributed by atoms with van der Waals surface area (Å²) in [5.41, 5.74) is 1.25. The van der Waals surface area contributed by atoms with E-state index in [1.807, 2.05) is 0 Å². The summed E-state index contributed by atoms with van der Waals surface area (Å²) < 4.78 is 26.1. The molecule has 0 saturated heterocycles. The molecule has 0 aliphatic heterocycles. The third kappa shape index (κ3) is 2.52. The number of hydrogen-bond donors (Lipinski definition) is 0. The number of pyridine rings is 1. The van der Waals surface area contributed by atoms with Crippen molar-refractivity contribution in [1.29, 1.82) is 0 Å². The molecule has 0 fully saturated rings. The van der Waals surface area contributed by atoms with E-state index < -0.39 is 20.4 Å². The van der Waals surface area contributed by atoms with Gasteiger partial charge in [-0.2, -0.15) is 0 Å². The summed E-state index contributed by atoms with van der Waals surface area (Å²) in [5.74, 6) is 0. The normalized spacial score (nSPS) is 11.6. The minimum atomic E-state index is -4.03. The van der Waals surface area contributed by atoms with Crippen molar-refractivity contribution in [2.75, 3.05) is 0 Å². The van der Waals surface area contributed by atoms with Crippen molar-refractivity contribution in [3.63, 3.8) is 0 Å². The molecular formula is C17H14N2O4S. The molecule has 0 bridgehead atoms. The van der Waals surface area contributed by atoms with Crippen LogP contribution in [-0.4, -0.2) is 18.3 Å². The number of aryl methyl sites for hydroxylation is 2. The molecule has 3 aromatic rings. The number of aromatic nitrogens is 1. The first-order valence-electron chi connectivity index (χ1n) is 7.17. The number of hydrogen-bond acceptors (Lipinski definition) is 5. The Bertz CT molecular complexity index is 1080. The summed E-state index contributed by atoms with van der Waals surface area (Å²) in [6.45, 7) is 3.44. The average molecular weight is 342 g/mol. The number of benzene rings is 2. The predicted octanol–water partition coefficient (Wildman–Crippen LogP) is 3.59. The first-order chi connectivity index (χ1) is 11.3. The zero-order chi connectivity index (χ0) is 17.5. The van der Waals surface area contributed by atoms with Crippen molar-refractivity contribution in [3.8, 4) is 0 Å². The minimum Gasteiger partial charge on any atom is -0.258 e. The summed E-state index contributed by atoms with van der Waals surface area (Å²) in [4.78, 5) is 14.7. The van der Waals surface area contributed by atoms with Gasteiger partial charge in [-0.05, 0) is 55.3 Å². The van der Waals surface area contributed by atoms with Crippen LogP contribution < -0.4 is 0 Å². The second kappa shape index (κ2) is 5.68. The fourth-order valence-corrected chi connectivity index (χ4v) is 4.39. The summed E-state index contributed by atoms with van der Waals surface area (Å²) in [7, 11) is -4.03. The van der Waals surface area contributed by atoms with E-state index in [4.69, 9.17) is 0 Å². The Hall–Kier alpha value is -2.80. The molecule has 2 aromatic carbocycles. The zero-order valence-corrected chi connectivity index (χ0v) is 13.9. The van der Waals surface area contributed by atoms with Gasteiger partial charge in [-0.3, -0.25) is 15.1 Å². The largest absolute Gasteiger partial charge is 0.297 e. The van der Waals surface area contributed by atoms with Crippen LogP contribution >= 0.6 is 0 Å². The first kappa shape index (κ1) is 16.1. The number of nitro groups is 1. The quantitative estimate of drug-likeness (QED) is 0.536. The lowest BCUT2D eigenvalue weighted by atomic mass is 10.2. The SMILES string of the molecule is Cc1ccc(C)c(S(=O)(=O)c2ccc3ncccc3c2[N+](=O)[O-])c1. The standard InChI is InChI=1S/C17H14N2O4S/c1-11-5-6-12(2)16(10-11)24(22,23)15-8-7-14-13(4-3-9-18-14)17(15)19(20)21/h3-10H,1-2H3. The molecule has 0 saturated carbocycles. The lowest BCUT2D eigenvalue weighted by Gasteiger charge is -2.10. The topological polar surface area (TPSA) is 90.2 Å². The molecular weight excluding hydrogens is 328 g/mol. The first-order valence-corrected chi connectivity index (χ1v) is 8.65. The molecule has 0 N–H and O–H groups in total. The average Bonchev–Trinajstić information content (AvgIpc) is 2.55. The van der Waals surface area contributed by atoms with Crippen molar-refractivity contribution < 1.29 is 13.3 Å². The Labute approximate surface area is 138 Å². The molecule has 0 atom stereocenters. The Morgan fingerprint density at radius 3 is 2.50 bits per heavy atom. The van der Waals surface area contributed by atoms with Crippen molar-refractivity contribution in [1.82, 2.24) is 4.98 Å². The van der Waals surface area contributed by atoms with Crippen molar-refractivity contribution in [2.45, 2.75) is 23.6 Å². The molecule has 1 aromatic heterocycles. The maximum absolute atomic E-state index is 13.1. The molecule has 0 aliphatic rings. The van der Waals surface area contributed by atoms with Gasteiger partial charge in [0, 0.05) is 6.20 Å². The third-order valence-electron chi connectivity index (χ3n) is 3.82. The molecule has 1 heterocycles. The van der Waals surface area contributed by atoms with Gasteiger partial charge < -0.3 is 0 Å². The highest BCUT2D eigenvalue weighted by molar-refractivity contribution is 7.91. The maximum Gasteiger partial charge on any atom is 0.297 e. The van der Waals surface area contributed by atoms with Crippen molar-refractivity contribution in [2.24, 2.45) is 0 Å². The Morgan fingerprint density at radius 2 is 1.79 bits per heavy atom. The summed E-state index contributed by atoms with van der Waals surface area (Å²) in [6, 6.07) is 10.8. The highest BCUT2D eigenvalue weighted by atomic mass is 32.2. The number of nitro benzene ring substituents is 1. The van der Waals surface area contributed by atoms with Crippen molar-refractivity contribution in [3.05, 3.63) is 69.9 Å². The van der Waals surface area contributed by atoms with E-state index in [1.165, 1.54) is 30.5 Å². The van der Waals surface area contributed by atoms with Crippen LogP contribution in [0.2, 0.25) is 0 Å². The molecule has 0 aliphatic carbocycles. The number of sulfone groups is 1. The predicted molar refractivity (Wildman–Crippen MR) is 89.8 cm³/mol. The van der Waals surface area contributed by atoms with Crippen LogP contribution in [0.5, 0.6) is 0 Å². The van der Waals surface area contributed by atoms with Crippen LogP contribution in [0, 0.1) is 24.0 Å². The van der Waals surface area contributed by atoms with E-state index in [0.717, 1.165) is 5.56 Å². The van der Waals surface area contributed by atoms with Crippen LogP contribution in [0.3, 0.4) is 0 Å². The highest BCUT2D eigenvalue weighted by Crippen LogP contribution is 2.36. The smallest absolute Gasteiger partial charge is 0.258 e. The van der Waals surface area contributed by atoms with Crippen LogP contribution in [0.15, 0.2) is 58.5 Å². The van der Waals surface area contributed by atoms with E-state index >= 15 is 0 Å². The highest BCUT2D eigenvalue weighted by Gasteiger charge is 2.31. The molecule has 0 spiro atoms. The summed E-state index contributed by atoms with van der Waals surface area (Å²) in [6.07, 6.45) is 1.50. The summed E-state index contributed by atoms with van der Waals surface area (Å²) in [5, 5.41) is 11.8. The third-order valence-corrected chi connectivity index (χ3v) is 5.75. The van der Waals surface area contributed by atoms with Gasteiger partial charge in [0.15, 0.2) is 0 Å². The Balaban J connectivity index is 2.39. The molecule has 24 heavy (non-hydrogen) atoms. The molecule has 0 unspecified atom stereocenters. The zero-order valence-electron chi connectivity index (χ0n) is 13.1. The van der Waals surface area contributed by atoms with Gasteiger partial charge in [-0.1, -0.05) is 12.1 Å². The van der Waals surface area contributed by atoms with E-state index in [1.54, 1.807) is 32.0 Å². The number of rotatable bonds is 3. The van der Waals surface area contributed by atoms with Crippen LogP contribution in [-0.2, 0) is 9.84 Å². The van der Waals surface area contributed by atoms with E-state index in [9.17, 15) is 18.5 Å². The molecule has 0 radical (unpaired) electrons. The maximum atomic E-state index is 13.1. The summed E-state index contributed by atoms with van der Waals surface area (Å²) >= 11 is 0. The lowest BCUT2D eigenvalue weighted by molar-refractivity contribution is -0.386. The van der Waals surface area contributed by atoms with E-state index in [2.05, 4.69) is 4.98 Å². The van der Waals surface area contributed by atoms with E-state index in [0.29, 0.717) is 11.1 Å². The molecule has 6 nitrogen and oxygen atoms in total. The van der Waals surface area contributed by atoms with Crippen LogP contribution in [0.25, 0.3) is 10.9 Å². The van der Waals surface area contributed by atoms with Crippen LogP contribution in [0.1, 0.15) is 11.1 Å². The lowest BCUT2D eigenvalue weighted by Crippen LogP contribution is -2.08. The number of nitrogens with zero attached hydrogens (tertiary/aromatic N) is 2. The molecule has 0 amide bonds. The Kier molecular flexibility index (Phi) is 3.81. The number of fused-ring (bicyclic) bond motifs is 1. The monoisotopic (exact) mass is 342 g/mol. The van der Waals surface area contributed by atoms with Gasteiger partial charge in [-0.25, -0.2) is 8.42 Å². The second-order valence-electron chi connectivity index (χ2n) is 5.51. The van der Waals surface area contributed by atoms with Gasteiger partial charge in [0.2, 0.25) is 9.84 Å². The van der Waals surface area contributed by atoms with E-state index in [-0.39, 0.29) is 15.2 Å². The molecule has 122 valence electrons. The van der Waals surface area contributed by atoms with Gasteiger partial charge >= 0.3 is 0 Å². The van der Waals surface area contributed by atoms with Gasteiger partial charge in [0.1, 0.15) is 4.90 Å². The molecule has 7 heteroatoms. The Morgan fingerprint density at radius 1 is 1.04 bits per heavy atom. The fourth-order valence-electron chi connectivity index (χ4n) is 2.64. The van der Waals surface area contributed by atoms with Gasteiger partial charge in [0.05, 0.1) is 20.7 Å². The second-order valence-corrected chi connectivity index (χ2v) is 7.40. The van der Waals surface area contributed by atoms with Crippen LogP contribution in [0.4, 0.5) is 5.69 Å².